The Morgan fingerprint density at radius 3 is 2.58 bits per heavy atom. The van der Waals surface area contributed by atoms with Crippen LogP contribution in [0.1, 0.15) is 68.8 Å². The SMILES string of the molecule is CCC(=O)N[C@H](Cc1ccccc1)C(=O)N[C@@H](C)C(=O)OCCN[C@H]1CCc2c(-c3noc(-c4ccc(OC(C)C)c(C#N)c4)n3)cccc21. The number of carbonyl (C=O) groups excluding carboxylic acids is 3. The lowest BCUT2D eigenvalue weighted by atomic mass is 10.0. The van der Waals surface area contributed by atoms with Crippen molar-refractivity contribution in [2.45, 2.75) is 77.6 Å². The molecule has 0 unspecified atom stereocenters. The van der Waals surface area contributed by atoms with E-state index >= 15 is 0 Å². The van der Waals surface area contributed by atoms with Crippen LogP contribution in [0.2, 0.25) is 0 Å². The van der Waals surface area contributed by atoms with Gasteiger partial charge in [-0.2, -0.15) is 10.2 Å². The normalized spacial score (nSPS) is 14.7. The van der Waals surface area contributed by atoms with E-state index in [0.29, 0.717) is 41.6 Å². The topological polar surface area (TPSA) is 168 Å². The van der Waals surface area contributed by atoms with Gasteiger partial charge in [0.2, 0.25) is 17.6 Å². The minimum absolute atomic E-state index is 0.0414. The average molecular weight is 679 g/mol. The number of hydrogen-bond donors (Lipinski definition) is 3. The Kier molecular flexibility index (Phi) is 12.0. The predicted molar refractivity (Wildman–Crippen MR) is 186 cm³/mol. The van der Waals surface area contributed by atoms with Crippen molar-refractivity contribution < 1.29 is 28.4 Å². The molecule has 1 aliphatic carbocycles. The summed E-state index contributed by atoms with van der Waals surface area (Å²) in [5.74, 6) is 0.00566. The van der Waals surface area contributed by atoms with Gasteiger partial charge in [0, 0.05) is 36.6 Å². The zero-order valence-electron chi connectivity index (χ0n) is 28.7. The number of nitrogens with one attached hydrogen (secondary N) is 3. The maximum Gasteiger partial charge on any atom is 0.328 e. The van der Waals surface area contributed by atoms with Crippen molar-refractivity contribution in [2.75, 3.05) is 13.2 Å². The first-order chi connectivity index (χ1) is 24.2. The molecule has 0 aliphatic heterocycles. The van der Waals surface area contributed by atoms with Crippen LogP contribution in [0.3, 0.4) is 0 Å². The molecule has 1 aliphatic rings. The van der Waals surface area contributed by atoms with Gasteiger partial charge in [-0.05, 0) is 68.5 Å². The number of carbonyl (C=O) groups is 3. The summed E-state index contributed by atoms with van der Waals surface area (Å²) in [6, 6.07) is 21.1. The van der Waals surface area contributed by atoms with Gasteiger partial charge >= 0.3 is 5.97 Å². The molecule has 50 heavy (non-hydrogen) atoms. The number of nitriles is 1. The molecule has 0 spiro atoms. The minimum atomic E-state index is -0.897. The molecule has 0 radical (unpaired) electrons. The first-order valence-electron chi connectivity index (χ1n) is 16.9. The van der Waals surface area contributed by atoms with Crippen LogP contribution in [-0.4, -0.2) is 59.3 Å². The van der Waals surface area contributed by atoms with E-state index in [1.165, 1.54) is 0 Å². The molecule has 3 aromatic carbocycles. The highest BCUT2D eigenvalue weighted by Crippen LogP contribution is 2.37. The molecule has 1 aromatic heterocycles. The molecule has 0 saturated heterocycles. The van der Waals surface area contributed by atoms with Crippen LogP contribution >= 0.6 is 0 Å². The van der Waals surface area contributed by atoms with Crippen molar-refractivity contribution in [1.82, 2.24) is 26.1 Å². The van der Waals surface area contributed by atoms with E-state index in [0.717, 1.165) is 35.1 Å². The van der Waals surface area contributed by atoms with Gasteiger partial charge in [-0.15, -0.1) is 0 Å². The van der Waals surface area contributed by atoms with E-state index < -0.39 is 24.0 Å². The number of esters is 1. The Morgan fingerprint density at radius 1 is 1.04 bits per heavy atom. The zero-order chi connectivity index (χ0) is 35.6. The summed E-state index contributed by atoms with van der Waals surface area (Å²) in [4.78, 5) is 42.5. The molecule has 0 bridgehead atoms. The molecule has 1 heterocycles. The predicted octanol–water partition coefficient (Wildman–Crippen LogP) is 4.82. The van der Waals surface area contributed by atoms with E-state index in [1.54, 1.807) is 32.0 Å². The van der Waals surface area contributed by atoms with Crippen LogP contribution in [0, 0.1) is 11.3 Å². The van der Waals surface area contributed by atoms with Gasteiger partial charge in [0.1, 0.15) is 30.5 Å². The molecular formula is C38H42N6O6. The maximum atomic E-state index is 13.0. The highest BCUT2D eigenvalue weighted by atomic mass is 16.5. The standard InChI is InChI=1S/C38H42N6O6/c1-5-34(45)42-32(20-25-10-7-6-8-11-25)36(46)41-24(4)38(47)48-19-18-40-31-16-15-28-29(31)12-9-13-30(28)35-43-37(50-44-35)26-14-17-33(49-23(2)3)27(21-26)22-39/h6-14,17,21,23-24,31-32,40H,5,15-16,18-20H2,1-4H3,(H,41,46)(H,42,45)/t24-,31-,32+/m0/s1. The molecule has 5 rings (SSSR count). The van der Waals surface area contributed by atoms with Crippen molar-refractivity contribution in [2.24, 2.45) is 0 Å². The Hall–Kier alpha value is -5.54. The number of nitrogens with zero attached hydrogens (tertiary/aromatic N) is 3. The van der Waals surface area contributed by atoms with Crippen LogP contribution in [0.5, 0.6) is 5.75 Å². The Labute approximate surface area is 291 Å². The molecule has 4 aromatic rings. The summed E-state index contributed by atoms with van der Waals surface area (Å²) in [7, 11) is 0. The van der Waals surface area contributed by atoms with Gasteiger partial charge in [-0.1, -0.05) is 60.6 Å². The molecule has 260 valence electrons. The summed E-state index contributed by atoms with van der Waals surface area (Å²) in [6.07, 6.45) is 2.11. The van der Waals surface area contributed by atoms with E-state index in [-0.39, 0.29) is 31.1 Å². The number of aromatic nitrogens is 2. The Balaban J connectivity index is 1.14. The minimum Gasteiger partial charge on any atom is -0.490 e. The molecule has 0 saturated carbocycles. The van der Waals surface area contributed by atoms with E-state index in [1.807, 2.05) is 56.3 Å². The average Bonchev–Trinajstić information content (AvgIpc) is 3.78. The third-order valence-electron chi connectivity index (χ3n) is 8.35. The van der Waals surface area contributed by atoms with Crippen LogP contribution in [0.25, 0.3) is 22.8 Å². The van der Waals surface area contributed by atoms with Crippen molar-refractivity contribution in [3.8, 4) is 34.7 Å². The number of amides is 2. The third kappa shape index (κ3) is 8.92. The molecule has 12 heteroatoms. The van der Waals surface area contributed by atoms with Crippen molar-refractivity contribution in [3.63, 3.8) is 0 Å². The van der Waals surface area contributed by atoms with Crippen LogP contribution in [0.4, 0.5) is 0 Å². The van der Waals surface area contributed by atoms with Crippen molar-refractivity contribution in [1.29, 1.82) is 5.26 Å². The second-order valence-electron chi connectivity index (χ2n) is 12.4. The first-order valence-corrected chi connectivity index (χ1v) is 16.9. The van der Waals surface area contributed by atoms with Crippen LogP contribution < -0.4 is 20.7 Å². The third-order valence-corrected chi connectivity index (χ3v) is 8.35. The highest BCUT2D eigenvalue weighted by molar-refractivity contribution is 5.90. The highest BCUT2D eigenvalue weighted by Gasteiger charge is 2.28. The summed E-state index contributed by atoms with van der Waals surface area (Å²) in [6.45, 7) is 7.61. The van der Waals surface area contributed by atoms with E-state index in [2.05, 4.69) is 38.2 Å². The molecular weight excluding hydrogens is 636 g/mol. The van der Waals surface area contributed by atoms with Crippen molar-refractivity contribution in [3.05, 3.63) is 89.0 Å². The summed E-state index contributed by atoms with van der Waals surface area (Å²) in [5, 5.41) is 22.8. The van der Waals surface area contributed by atoms with Gasteiger partial charge < -0.3 is 29.9 Å². The maximum absolute atomic E-state index is 13.0. The molecule has 3 atom stereocenters. The van der Waals surface area contributed by atoms with Crippen LogP contribution in [-0.2, 0) is 32.0 Å². The monoisotopic (exact) mass is 678 g/mol. The van der Waals surface area contributed by atoms with E-state index in [4.69, 9.17) is 14.0 Å². The fourth-order valence-corrected chi connectivity index (χ4v) is 5.87. The number of hydrogen-bond acceptors (Lipinski definition) is 10. The lowest BCUT2D eigenvalue weighted by molar-refractivity contribution is -0.147. The number of fused-ring (bicyclic) bond motifs is 1. The lowest BCUT2D eigenvalue weighted by Gasteiger charge is -2.21. The number of benzene rings is 3. The molecule has 0 fully saturated rings. The lowest BCUT2D eigenvalue weighted by Crippen LogP contribution is -2.52. The fraction of sp³-hybridized carbons (Fsp3) is 0.368. The number of rotatable bonds is 15. The zero-order valence-corrected chi connectivity index (χ0v) is 28.7. The van der Waals surface area contributed by atoms with Gasteiger partial charge in [0.25, 0.3) is 5.89 Å². The van der Waals surface area contributed by atoms with Crippen molar-refractivity contribution >= 4 is 17.8 Å². The molecule has 2 amide bonds. The molecule has 3 N–H and O–H groups in total. The quantitative estimate of drug-likeness (QED) is 0.117. The van der Waals surface area contributed by atoms with Gasteiger partial charge in [0.05, 0.1) is 11.7 Å². The Morgan fingerprint density at radius 2 is 1.84 bits per heavy atom. The first kappa shape index (κ1) is 35.8. The van der Waals surface area contributed by atoms with Gasteiger partial charge in [0.15, 0.2) is 0 Å². The van der Waals surface area contributed by atoms with Gasteiger partial charge in [-0.3, -0.25) is 9.59 Å². The summed E-state index contributed by atoms with van der Waals surface area (Å²) >= 11 is 0. The smallest absolute Gasteiger partial charge is 0.328 e. The van der Waals surface area contributed by atoms with Gasteiger partial charge in [-0.25, -0.2) is 4.79 Å². The largest absolute Gasteiger partial charge is 0.490 e. The summed E-state index contributed by atoms with van der Waals surface area (Å²) < 4.78 is 16.8. The van der Waals surface area contributed by atoms with E-state index in [9.17, 15) is 19.6 Å². The fourth-order valence-electron chi connectivity index (χ4n) is 5.87. The second kappa shape index (κ2) is 16.7. The second-order valence-corrected chi connectivity index (χ2v) is 12.4. The Bertz CT molecular complexity index is 1850. The molecule has 12 nitrogen and oxygen atoms in total. The van der Waals surface area contributed by atoms with Crippen LogP contribution in [0.15, 0.2) is 71.3 Å². The number of ether oxygens (including phenoxy) is 2. The summed E-state index contributed by atoms with van der Waals surface area (Å²) in [5.41, 5.74) is 5.01.